The molecule has 0 bridgehead atoms. The van der Waals surface area contributed by atoms with Crippen molar-refractivity contribution in [3.8, 4) is 0 Å². The zero-order valence-corrected chi connectivity index (χ0v) is 20.1. The van der Waals surface area contributed by atoms with Crippen molar-refractivity contribution in [3.05, 3.63) is 0 Å². The van der Waals surface area contributed by atoms with Crippen LogP contribution in [0.3, 0.4) is 0 Å². The Labute approximate surface area is 192 Å². The summed E-state index contributed by atoms with van der Waals surface area (Å²) in [6, 6.07) is 0.522. The van der Waals surface area contributed by atoms with E-state index >= 15 is 0 Å². The molecule has 6 atom stereocenters. The number of amides is 2. The molecule has 182 valence electrons. The van der Waals surface area contributed by atoms with Gasteiger partial charge in [-0.1, -0.05) is 6.92 Å². The Balaban J connectivity index is 1.24. The van der Waals surface area contributed by atoms with Crippen molar-refractivity contribution in [1.29, 1.82) is 0 Å². The first kappa shape index (κ1) is 23.9. The Morgan fingerprint density at radius 3 is 2.53 bits per heavy atom. The number of fused-ring (bicyclic) bond motifs is 1. The van der Waals surface area contributed by atoms with Gasteiger partial charge in [0.1, 0.15) is 6.17 Å². The molecule has 0 aromatic rings. The molecule has 3 saturated heterocycles. The molecule has 2 N–H and O–H groups in total. The number of likely N-dealkylation sites (N-methyl/N-ethyl adjacent to an activating group) is 1. The van der Waals surface area contributed by atoms with Crippen molar-refractivity contribution < 1.29 is 14.0 Å². The van der Waals surface area contributed by atoms with E-state index in [1.165, 1.54) is 0 Å². The summed E-state index contributed by atoms with van der Waals surface area (Å²) in [4.78, 5) is 31.7. The number of hydrogen-bond acceptors (Lipinski definition) is 5. The van der Waals surface area contributed by atoms with Crippen molar-refractivity contribution in [2.24, 2.45) is 11.8 Å². The summed E-state index contributed by atoms with van der Waals surface area (Å²) >= 11 is 0. The molecule has 1 saturated carbocycles. The van der Waals surface area contributed by atoms with Crippen LogP contribution in [0.2, 0.25) is 0 Å². The van der Waals surface area contributed by atoms with Gasteiger partial charge in [0.15, 0.2) is 0 Å². The number of rotatable bonds is 5. The molecule has 0 spiro atoms. The third-order valence-electron chi connectivity index (χ3n) is 8.24. The highest BCUT2D eigenvalue weighted by molar-refractivity contribution is 5.82. The highest BCUT2D eigenvalue weighted by atomic mass is 19.1. The first-order valence-electron chi connectivity index (χ1n) is 12.7. The zero-order chi connectivity index (χ0) is 22.8. The van der Waals surface area contributed by atoms with Crippen molar-refractivity contribution in [2.45, 2.75) is 82.2 Å². The molecular weight excluding hydrogens is 409 g/mol. The van der Waals surface area contributed by atoms with Crippen LogP contribution < -0.4 is 10.6 Å². The molecule has 4 aliphatic rings. The zero-order valence-electron chi connectivity index (χ0n) is 20.1. The number of piperidine rings is 2. The van der Waals surface area contributed by atoms with E-state index in [0.717, 1.165) is 58.3 Å². The SMILES string of the molecule is CC1CCC(F)C2CC(C(=O)N[C@H]3CCCN(C4CCN(C(=O)CN(C)C)CC4)C3)NC12. The topological polar surface area (TPSA) is 67.9 Å². The summed E-state index contributed by atoms with van der Waals surface area (Å²) in [5.41, 5.74) is 0. The number of likely N-dealkylation sites (tertiary alicyclic amines) is 2. The predicted octanol–water partition coefficient (Wildman–Crippen LogP) is 1.23. The standard InChI is InChI=1S/C24H42FN5O2/c1-16-6-7-20(25)19-13-21(27-23(16)19)24(32)26-17-5-4-10-30(14-17)18-8-11-29(12-9-18)22(31)15-28(2)3/h16-21,23,27H,4-15H2,1-3H3,(H,26,32)/t16?,17-,19?,20?,21?,23?/m0/s1. The molecule has 4 fully saturated rings. The van der Waals surface area contributed by atoms with Gasteiger partial charge in [0.25, 0.3) is 0 Å². The van der Waals surface area contributed by atoms with Crippen LogP contribution in [0, 0.1) is 11.8 Å². The van der Waals surface area contributed by atoms with Crippen LogP contribution in [0.4, 0.5) is 4.39 Å². The van der Waals surface area contributed by atoms with Crippen LogP contribution in [-0.4, -0.2) is 104 Å². The van der Waals surface area contributed by atoms with E-state index in [1.807, 2.05) is 23.9 Å². The molecule has 0 aromatic heterocycles. The Hall–Kier alpha value is -1.25. The van der Waals surface area contributed by atoms with Crippen LogP contribution >= 0.6 is 0 Å². The van der Waals surface area contributed by atoms with Crippen LogP contribution in [-0.2, 0) is 9.59 Å². The first-order valence-corrected chi connectivity index (χ1v) is 12.7. The smallest absolute Gasteiger partial charge is 0.237 e. The van der Waals surface area contributed by atoms with Crippen LogP contribution in [0.5, 0.6) is 0 Å². The third-order valence-corrected chi connectivity index (χ3v) is 8.24. The van der Waals surface area contributed by atoms with Gasteiger partial charge in [-0.2, -0.15) is 0 Å². The molecule has 3 aliphatic heterocycles. The molecule has 32 heavy (non-hydrogen) atoms. The number of halogens is 1. The van der Waals surface area contributed by atoms with E-state index in [2.05, 4.69) is 22.5 Å². The van der Waals surface area contributed by atoms with E-state index in [1.54, 1.807) is 0 Å². The van der Waals surface area contributed by atoms with Gasteiger partial charge in [0.05, 0.1) is 12.6 Å². The van der Waals surface area contributed by atoms with Gasteiger partial charge < -0.3 is 20.4 Å². The van der Waals surface area contributed by atoms with Crippen LogP contribution in [0.25, 0.3) is 0 Å². The molecule has 0 radical (unpaired) electrons. The largest absolute Gasteiger partial charge is 0.351 e. The number of hydrogen-bond donors (Lipinski definition) is 2. The second-order valence-corrected chi connectivity index (χ2v) is 10.9. The van der Waals surface area contributed by atoms with Crippen LogP contribution in [0.1, 0.15) is 51.9 Å². The molecular formula is C24H42FN5O2. The Kier molecular flexibility index (Phi) is 7.73. The van der Waals surface area contributed by atoms with Crippen molar-refractivity contribution in [3.63, 3.8) is 0 Å². The molecule has 4 rings (SSSR count). The summed E-state index contributed by atoms with van der Waals surface area (Å²) in [6.07, 6.45) is 5.48. The second kappa shape index (κ2) is 10.3. The predicted molar refractivity (Wildman–Crippen MR) is 123 cm³/mol. The summed E-state index contributed by atoms with van der Waals surface area (Å²) in [7, 11) is 3.86. The van der Waals surface area contributed by atoms with Gasteiger partial charge >= 0.3 is 0 Å². The van der Waals surface area contributed by atoms with E-state index in [9.17, 15) is 14.0 Å². The van der Waals surface area contributed by atoms with Gasteiger partial charge in [-0.05, 0) is 71.5 Å². The molecule has 5 unspecified atom stereocenters. The van der Waals surface area contributed by atoms with Gasteiger partial charge in [0.2, 0.25) is 11.8 Å². The van der Waals surface area contributed by atoms with Gasteiger partial charge in [-0.3, -0.25) is 14.5 Å². The number of nitrogens with zero attached hydrogens (tertiary/aromatic N) is 3. The Morgan fingerprint density at radius 1 is 1.09 bits per heavy atom. The number of alkyl halides is 1. The highest BCUT2D eigenvalue weighted by Gasteiger charge is 2.46. The second-order valence-electron chi connectivity index (χ2n) is 10.9. The lowest BCUT2D eigenvalue weighted by molar-refractivity contribution is -0.133. The van der Waals surface area contributed by atoms with Gasteiger partial charge in [-0.25, -0.2) is 4.39 Å². The van der Waals surface area contributed by atoms with Gasteiger partial charge in [0, 0.05) is 43.7 Å². The first-order chi connectivity index (χ1) is 15.3. The number of nitrogens with one attached hydrogen (secondary N) is 2. The maximum atomic E-state index is 14.4. The average molecular weight is 452 g/mol. The van der Waals surface area contributed by atoms with E-state index in [-0.39, 0.29) is 35.9 Å². The van der Waals surface area contributed by atoms with Crippen LogP contribution in [0.15, 0.2) is 0 Å². The maximum absolute atomic E-state index is 14.4. The highest BCUT2D eigenvalue weighted by Crippen LogP contribution is 2.38. The fourth-order valence-corrected chi connectivity index (χ4v) is 6.41. The third kappa shape index (κ3) is 5.45. The lowest BCUT2D eigenvalue weighted by Crippen LogP contribution is -2.56. The summed E-state index contributed by atoms with van der Waals surface area (Å²) < 4.78 is 14.4. The quantitative estimate of drug-likeness (QED) is 0.658. The lowest BCUT2D eigenvalue weighted by Gasteiger charge is -2.42. The van der Waals surface area contributed by atoms with E-state index < -0.39 is 6.17 Å². The van der Waals surface area contributed by atoms with Crippen molar-refractivity contribution in [1.82, 2.24) is 25.3 Å². The molecule has 0 aromatic carbocycles. The van der Waals surface area contributed by atoms with Gasteiger partial charge in [-0.15, -0.1) is 0 Å². The minimum Gasteiger partial charge on any atom is -0.351 e. The van der Waals surface area contributed by atoms with E-state index in [4.69, 9.17) is 0 Å². The lowest BCUT2D eigenvalue weighted by atomic mass is 9.77. The normalized spacial score (nSPS) is 36.8. The van der Waals surface area contributed by atoms with Crippen molar-refractivity contribution in [2.75, 3.05) is 46.8 Å². The Morgan fingerprint density at radius 2 is 1.84 bits per heavy atom. The van der Waals surface area contributed by atoms with E-state index in [0.29, 0.717) is 31.3 Å². The minimum absolute atomic E-state index is 0.0160. The van der Waals surface area contributed by atoms with Crippen molar-refractivity contribution >= 4 is 11.8 Å². The fourth-order valence-electron chi connectivity index (χ4n) is 6.41. The molecule has 2 amide bonds. The summed E-state index contributed by atoms with van der Waals surface area (Å²) in [5, 5.41) is 6.74. The maximum Gasteiger partial charge on any atom is 0.237 e. The monoisotopic (exact) mass is 451 g/mol. The number of carbonyl (C=O) groups excluding carboxylic acids is 2. The molecule has 3 heterocycles. The minimum atomic E-state index is -0.776. The fraction of sp³-hybridized carbons (Fsp3) is 0.917. The Bertz CT molecular complexity index is 651. The molecule has 7 nitrogen and oxygen atoms in total. The summed E-state index contributed by atoms with van der Waals surface area (Å²) in [5.74, 6) is 0.685. The molecule has 1 aliphatic carbocycles. The number of carbonyl (C=O) groups is 2. The molecule has 8 heteroatoms. The average Bonchev–Trinajstić information content (AvgIpc) is 3.23. The summed E-state index contributed by atoms with van der Waals surface area (Å²) in [6.45, 7) is 6.24.